The van der Waals surface area contributed by atoms with Gasteiger partial charge in [0.15, 0.2) is 0 Å². The van der Waals surface area contributed by atoms with E-state index in [0.717, 1.165) is 24.3 Å². The Hall–Kier alpha value is -0.570. The van der Waals surface area contributed by atoms with Crippen molar-refractivity contribution < 1.29 is 4.74 Å². The van der Waals surface area contributed by atoms with Crippen molar-refractivity contribution in [1.29, 1.82) is 0 Å². The topological polar surface area (TPSA) is 35.2 Å². The summed E-state index contributed by atoms with van der Waals surface area (Å²) in [7, 11) is 0. The predicted octanol–water partition coefficient (Wildman–Crippen LogP) is 3.34. The van der Waals surface area contributed by atoms with E-state index < -0.39 is 0 Å². The standard InChI is InChI=1S/C14H20ClNO/c1-10-5-6-14(17-10)8-12(9-16)11-3-2-4-13(15)7-11/h2-4,7,10,12,14H,5-6,8-9,16H2,1H3. The predicted molar refractivity (Wildman–Crippen MR) is 71.4 cm³/mol. The third-order valence-electron chi connectivity index (χ3n) is 3.47. The minimum Gasteiger partial charge on any atom is -0.375 e. The monoisotopic (exact) mass is 253 g/mol. The third-order valence-corrected chi connectivity index (χ3v) is 3.71. The highest BCUT2D eigenvalue weighted by Gasteiger charge is 2.25. The maximum atomic E-state index is 6.01. The van der Waals surface area contributed by atoms with Crippen molar-refractivity contribution in [1.82, 2.24) is 0 Å². The van der Waals surface area contributed by atoms with E-state index in [1.807, 2.05) is 18.2 Å². The van der Waals surface area contributed by atoms with Crippen LogP contribution in [0, 0.1) is 0 Å². The lowest BCUT2D eigenvalue weighted by Crippen LogP contribution is -2.19. The molecule has 0 amide bonds. The van der Waals surface area contributed by atoms with Gasteiger partial charge in [0.25, 0.3) is 0 Å². The van der Waals surface area contributed by atoms with Gasteiger partial charge in [-0.25, -0.2) is 0 Å². The number of nitrogens with two attached hydrogens (primary N) is 1. The third kappa shape index (κ3) is 3.44. The van der Waals surface area contributed by atoms with Gasteiger partial charge in [0, 0.05) is 5.02 Å². The normalized spacial score (nSPS) is 26.1. The molecule has 1 aromatic carbocycles. The van der Waals surface area contributed by atoms with E-state index >= 15 is 0 Å². The molecule has 0 bridgehead atoms. The van der Waals surface area contributed by atoms with Gasteiger partial charge < -0.3 is 10.5 Å². The highest BCUT2D eigenvalue weighted by molar-refractivity contribution is 6.30. The van der Waals surface area contributed by atoms with Crippen LogP contribution in [0.3, 0.4) is 0 Å². The van der Waals surface area contributed by atoms with Crippen molar-refractivity contribution in [2.24, 2.45) is 5.73 Å². The van der Waals surface area contributed by atoms with Crippen LogP contribution in [-0.2, 0) is 4.74 Å². The Kier molecular flexibility index (Phi) is 4.43. The molecule has 2 N–H and O–H groups in total. The number of benzene rings is 1. The second kappa shape index (κ2) is 5.85. The summed E-state index contributed by atoms with van der Waals surface area (Å²) in [5.74, 6) is 0.351. The lowest BCUT2D eigenvalue weighted by molar-refractivity contribution is 0.0470. The van der Waals surface area contributed by atoms with Crippen molar-refractivity contribution in [2.75, 3.05) is 6.54 Å². The molecule has 0 aromatic heterocycles. The zero-order valence-corrected chi connectivity index (χ0v) is 11.0. The number of ether oxygens (including phenoxy) is 1. The molecule has 94 valence electrons. The van der Waals surface area contributed by atoms with Crippen molar-refractivity contribution in [3.05, 3.63) is 34.9 Å². The molecule has 3 atom stereocenters. The zero-order chi connectivity index (χ0) is 12.3. The first kappa shape index (κ1) is 12.9. The van der Waals surface area contributed by atoms with Gasteiger partial charge in [0.2, 0.25) is 0 Å². The quantitative estimate of drug-likeness (QED) is 0.893. The first-order valence-corrected chi connectivity index (χ1v) is 6.68. The second-order valence-electron chi connectivity index (χ2n) is 4.87. The van der Waals surface area contributed by atoms with Gasteiger partial charge >= 0.3 is 0 Å². The van der Waals surface area contributed by atoms with E-state index in [4.69, 9.17) is 22.1 Å². The summed E-state index contributed by atoms with van der Waals surface area (Å²) in [6.45, 7) is 2.78. The highest BCUT2D eigenvalue weighted by Crippen LogP contribution is 2.29. The van der Waals surface area contributed by atoms with Crippen LogP contribution in [0.15, 0.2) is 24.3 Å². The fourth-order valence-electron chi connectivity index (χ4n) is 2.50. The van der Waals surface area contributed by atoms with E-state index in [9.17, 15) is 0 Å². The SMILES string of the molecule is CC1CCC(CC(CN)c2cccc(Cl)c2)O1. The molecule has 1 fully saturated rings. The second-order valence-corrected chi connectivity index (χ2v) is 5.31. The molecule has 1 aromatic rings. The van der Waals surface area contributed by atoms with Crippen LogP contribution in [0.5, 0.6) is 0 Å². The van der Waals surface area contributed by atoms with Crippen LogP contribution in [-0.4, -0.2) is 18.8 Å². The van der Waals surface area contributed by atoms with Crippen molar-refractivity contribution in [3.8, 4) is 0 Å². The molecule has 1 aliphatic heterocycles. The molecule has 1 saturated heterocycles. The Morgan fingerprint density at radius 1 is 1.47 bits per heavy atom. The van der Waals surface area contributed by atoms with Crippen LogP contribution in [0.4, 0.5) is 0 Å². The summed E-state index contributed by atoms with van der Waals surface area (Å²) in [6.07, 6.45) is 4.08. The van der Waals surface area contributed by atoms with Gasteiger partial charge in [-0.1, -0.05) is 23.7 Å². The summed E-state index contributed by atoms with van der Waals surface area (Å²) in [5, 5.41) is 0.779. The van der Waals surface area contributed by atoms with Crippen molar-refractivity contribution >= 4 is 11.6 Å². The number of hydrogen-bond donors (Lipinski definition) is 1. The van der Waals surface area contributed by atoms with Crippen LogP contribution < -0.4 is 5.73 Å². The molecule has 1 heterocycles. The fraction of sp³-hybridized carbons (Fsp3) is 0.571. The molecular weight excluding hydrogens is 234 g/mol. The molecule has 0 spiro atoms. The van der Waals surface area contributed by atoms with Crippen LogP contribution in [0.1, 0.15) is 37.7 Å². The molecular formula is C14H20ClNO. The minimum absolute atomic E-state index is 0.351. The summed E-state index contributed by atoms with van der Waals surface area (Å²) in [6, 6.07) is 7.99. The number of hydrogen-bond acceptors (Lipinski definition) is 2. The molecule has 1 aliphatic rings. The molecule has 0 aliphatic carbocycles. The summed E-state index contributed by atoms with van der Waals surface area (Å²) >= 11 is 6.01. The van der Waals surface area contributed by atoms with E-state index in [1.54, 1.807) is 0 Å². The summed E-state index contributed by atoms with van der Waals surface area (Å²) < 4.78 is 5.86. The van der Waals surface area contributed by atoms with Gasteiger partial charge in [-0.15, -0.1) is 0 Å². The lowest BCUT2D eigenvalue weighted by atomic mass is 9.92. The Labute approximate surface area is 108 Å². The Bertz CT molecular complexity index is 369. The molecule has 3 unspecified atom stereocenters. The first-order valence-electron chi connectivity index (χ1n) is 6.30. The average molecular weight is 254 g/mol. The lowest BCUT2D eigenvalue weighted by Gasteiger charge is -2.20. The van der Waals surface area contributed by atoms with Crippen molar-refractivity contribution in [3.63, 3.8) is 0 Å². The first-order chi connectivity index (χ1) is 8.19. The molecule has 2 nitrogen and oxygen atoms in total. The van der Waals surface area contributed by atoms with Gasteiger partial charge in [-0.3, -0.25) is 0 Å². The number of halogens is 1. The molecule has 2 rings (SSSR count). The summed E-state index contributed by atoms with van der Waals surface area (Å²) in [5.41, 5.74) is 7.09. The fourth-order valence-corrected chi connectivity index (χ4v) is 2.70. The van der Waals surface area contributed by atoms with E-state index in [2.05, 4.69) is 13.0 Å². The Morgan fingerprint density at radius 2 is 2.29 bits per heavy atom. The highest BCUT2D eigenvalue weighted by atomic mass is 35.5. The van der Waals surface area contributed by atoms with E-state index in [0.29, 0.717) is 24.7 Å². The Morgan fingerprint density at radius 3 is 2.88 bits per heavy atom. The van der Waals surface area contributed by atoms with Gasteiger partial charge in [-0.2, -0.15) is 0 Å². The largest absolute Gasteiger partial charge is 0.375 e. The Balaban J connectivity index is 2.01. The van der Waals surface area contributed by atoms with Crippen LogP contribution in [0.25, 0.3) is 0 Å². The van der Waals surface area contributed by atoms with E-state index in [1.165, 1.54) is 5.56 Å². The molecule has 3 heteroatoms. The van der Waals surface area contributed by atoms with Gasteiger partial charge in [0.05, 0.1) is 12.2 Å². The zero-order valence-electron chi connectivity index (χ0n) is 10.2. The average Bonchev–Trinajstić information content (AvgIpc) is 2.72. The van der Waals surface area contributed by atoms with Crippen LogP contribution >= 0.6 is 11.6 Å². The minimum atomic E-state index is 0.351. The molecule has 0 radical (unpaired) electrons. The molecule has 17 heavy (non-hydrogen) atoms. The maximum absolute atomic E-state index is 6.01. The van der Waals surface area contributed by atoms with Crippen molar-refractivity contribution in [2.45, 2.75) is 44.3 Å². The van der Waals surface area contributed by atoms with Gasteiger partial charge in [-0.05, 0) is 56.3 Å². The summed E-state index contributed by atoms with van der Waals surface area (Å²) in [4.78, 5) is 0. The van der Waals surface area contributed by atoms with E-state index in [-0.39, 0.29) is 0 Å². The maximum Gasteiger partial charge on any atom is 0.0586 e. The molecule has 0 saturated carbocycles. The van der Waals surface area contributed by atoms with Gasteiger partial charge in [0.1, 0.15) is 0 Å². The number of rotatable bonds is 4. The smallest absolute Gasteiger partial charge is 0.0586 e. The van der Waals surface area contributed by atoms with Crippen LogP contribution in [0.2, 0.25) is 5.02 Å².